The van der Waals surface area contributed by atoms with Crippen LogP contribution in [0.2, 0.25) is 0 Å². The molecule has 72 heavy (non-hydrogen) atoms. The molecule has 0 aliphatic heterocycles. The second kappa shape index (κ2) is 20.0. The molecule has 8 N–H and O–H groups in total. The molecule has 0 bridgehead atoms. The molecule has 0 atom stereocenters. The van der Waals surface area contributed by atoms with Crippen molar-refractivity contribution >= 4 is 118 Å². The van der Waals surface area contributed by atoms with Gasteiger partial charge in [0, 0.05) is 17.9 Å². The molecule has 0 amide bonds. The Morgan fingerprint density at radius 3 is 0.903 bits per heavy atom. The van der Waals surface area contributed by atoms with Crippen LogP contribution in [0.4, 0.5) is 0 Å². The standard InChI is InChI=1S/C38H32O24P2S8/c39-65(40,41)28-12-3-8-24(17-28)63(25-9-4-13-29(18-25)66(42,43)44)21-23-7-1-2-16-32(23)34-33(35(69(51,52)53)37(71(57,58)59)38(72(60,61)62)36(34)70(54,55)56)22-64(26-10-5-14-30(19-26)67(45,46)47)27-11-6-15-31(20-27)68(48,49)50/h1-20H,21-22H2,(H,39,40,41)(H,42,43,44)(H,45,46,47)(H,48,49,50)(H,51,52,53)(H,54,55,56)(H,57,58,59)(H,60,61,62). The van der Waals surface area contributed by atoms with Gasteiger partial charge >= 0.3 is 0 Å². The van der Waals surface area contributed by atoms with E-state index in [2.05, 4.69) is 0 Å². The molecule has 6 aromatic carbocycles. The number of hydrogen-bond donors (Lipinski definition) is 8. The zero-order valence-electron chi connectivity index (χ0n) is 35.2. The maximum Gasteiger partial charge on any atom is 0.297 e. The van der Waals surface area contributed by atoms with E-state index in [9.17, 15) is 104 Å². The van der Waals surface area contributed by atoms with Crippen LogP contribution in [-0.2, 0) is 93.3 Å². The third-order valence-electron chi connectivity index (χ3n) is 10.1. The Balaban J connectivity index is 1.89. The van der Waals surface area contributed by atoms with Gasteiger partial charge in [-0.2, -0.15) is 67.3 Å². The summed E-state index contributed by atoms with van der Waals surface area (Å²) < 4.78 is 291. The van der Waals surface area contributed by atoms with E-state index in [-0.39, 0.29) is 26.8 Å². The Morgan fingerprint density at radius 2 is 0.597 bits per heavy atom. The fourth-order valence-electron chi connectivity index (χ4n) is 7.27. The Morgan fingerprint density at radius 1 is 0.306 bits per heavy atom. The van der Waals surface area contributed by atoms with E-state index in [0.29, 0.717) is 0 Å². The summed E-state index contributed by atoms with van der Waals surface area (Å²) in [6.45, 7) is 0. The lowest BCUT2D eigenvalue weighted by molar-refractivity contribution is 0.446. The van der Waals surface area contributed by atoms with Crippen LogP contribution in [0.15, 0.2) is 160 Å². The molecule has 0 heterocycles. The van der Waals surface area contributed by atoms with Gasteiger partial charge in [-0.05, 0) is 102 Å². The zero-order valence-corrected chi connectivity index (χ0v) is 43.6. The quantitative estimate of drug-likeness (QED) is 0.0480. The predicted molar refractivity (Wildman–Crippen MR) is 256 cm³/mol. The van der Waals surface area contributed by atoms with Crippen LogP contribution in [0.1, 0.15) is 11.1 Å². The van der Waals surface area contributed by atoms with Crippen molar-refractivity contribution in [3.8, 4) is 11.1 Å². The van der Waals surface area contributed by atoms with E-state index in [1.807, 2.05) is 0 Å². The Bertz CT molecular complexity index is 4020. The molecule has 0 unspecified atom stereocenters. The highest BCUT2D eigenvalue weighted by molar-refractivity contribution is 7.92. The SMILES string of the molecule is O=S(=O)(O)c1cccc(P(Cc2ccccc2-c2c(CP(c3cccc(S(=O)(=O)O)c3)c3cccc(S(=O)(=O)O)c3)c(S(=O)(=O)O)c(S(=O)(=O)O)c(S(=O)(=O)O)c2S(=O)(=O)O)c2cccc(S(=O)(=O)O)c2)c1. The first-order valence-electron chi connectivity index (χ1n) is 18.9. The molecule has 0 fully saturated rings. The summed E-state index contributed by atoms with van der Waals surface area (Å²) in [7, 11) is -51.8. The molecule has 0 aliphatic rings. The maximum atomic E-state index is 13.8. The normalized spacial score (nSPS) is 13.4. The van der Waals surface area contributed by atoms with Crippen molar-refractivity contribution in [1.29, 1.82) is 0 Å². The van der Waals surface area contributed by atoms with Gasteiger partial charge in [0.05, 0.1) is 19.6 Å². The average molecular weight is 1190 g/mol. The molecule has 0 saturated heterocycles. The van der Waals surface area contributed by atoms with Crippen LogP contribution in [-0.4, -0.2) is 104 Å². The van der Waals surface area contributed by atoms with Gasteiger partial charge in [0.15, 0.2) is 0 Å². The highest BCUT2D eigenvalue weighted by atomic mass is 32.3. The molecule has 0 aromatic heterocycles. The number of rotatable bonds is 17. The van der Waals surface area contributed by atoms with E-state index in [4.69, 9.17) is 0 Å². The molecule has 0 aliphatic carbocycles. The summed E-state index contributed by atoms with van der Waals surface area (Å²) in [6, 6.07) is 19.9. The topological polar surface area (TPSA) is 435 Å². The summed E-state index contributed by atoms with van der Waals surface area (Å²) >= 11 is 0. The van der Waals surface area contributed by atoms with Gasteiger partial charge in [-0.1, -0.05) is 72.8 Å². The monoisotopic (exact) mass is 1190 g/mol. The van der Waals surface area contributed by atoms with Crippen molar-refractivity contribution in [3.05, 3.63) is 132 Å². The summed E-state index contributed by atoms with van der Waals surface area (Å²) in [5, 5.41) is -0.848. The minimum Gasteiger partial charge on any atom is -0.282 e. The van der Waals surface area contributed by atoms with Gasteiger partial charge in [-0.15, -0.1) is 0 Å². The van der Waals surface area contributed by atoms with Gasteiger partial charge in [0.2, 0.25) is 0 Å². The summed E-state index contributed by atoms with van der Waals surface area (Å²) in [5.41, 5.74) is -3.94. The molecule has 34 heteroatoms. The molecule has 386 valence electrons. The zero-order chi connectivity index (χ0) is 53.9. The van der Waals surface area contributed by atoms with E-state index < -0.39 is 165 Å². The van der Waals surface area contributed by atoms with E-state index in [1.165, 1.54) is 18.2 Å². The third-order valence-corrected chi connectivity index (χ3v) is 22.5. The van der Waals surface area contributed by atoms with Crippen LogP contribution < -0.4 is 21.2 Å². The average Bonchev–Trinajstić information content (AvgIpc) is 3.24. The van der Waals surface area contributed by atoms with Crippen molar-refractivity contribution in [2.24, 2.45) is 0 Å². The van der Waals surface area contributed by atoms with E-state index >= 15 is 0 Å². The fraction of sp³-hybridized carbons (Fsp3) is 0.0526. The number of hydrogen-bond acceptors (Lipinski definition) is 16. The van der Waals surface area contributed by atoms with Crippen molar-refractivity contribution in [3.63, 3.8) is 0 Å². The lowest BCUT2D eigenvalue weighted by atomic mass is 9.96. The summed E-state index contributed by atoms with van der Waals surface area (Å²) in [6.07, 6.45) is -2.03. The summed E-state index contributed by atoms with van der Waals surface area (Å²) in [4.78, 5) is -12.8. The van der Waals surface area contributed by atoms with Gasteiger partial charge in [-0.3, -0.25) is 36.4 Å². The van der Waals surface area contributed by atoms with Crippen LogP contribution >= 0.6 is 15.8 Å². The third kappa shape index (κ3) is 12.7. The molecule has 24 nitrogen and oxygen atoms in total. The largest absolute Gasteiger partial charge is 0.297 e. The van der Waals surface area contributed by atoms with Crippen molar-refractivity contribution in [2.75, 3.05) is 0 Å². The first kappa shape index (κ1) is 56.8. The van der Waals surface area contributed by atoms with Crippen LogP contribution in [0.25, 0.3) is 11.1 Å². The van der Waals surface area contributed by atoms with Crippen LogP contribution in [0.5, 0.6) is 0 Å². The molecule has 0 saturated carbocycles. The molecule has 6 aromatic rings. The Kier molecular flexibility index (Phi) is 15.7. The van der Waals surface area contributed by atoms with E-state index in [0.717, 1.165) is 103 Å². The molecule has 6 rings (SSSR count). The second-order valence-corrected chi connectivity index (χ2v) is 30.3. The van der Waals surface area contributed by atoms with Gasteiger partial charge < -0.3 is 0 Å². The minimum absolute atomic E-state index is 0.0578. The van der Waals surface area contributed by atoms with E-state index in [1.54, 1.807) is 0 Å². The van der Waals surface area contributed by atoms with Crippen molar-refractivity contribution < 1.29 is 104 Å². The molecular weight excluding hydrogens is 1160 g/mol. The first-order chi connectivity index (χ1) is 32.8. The highest BCUT2D eigenvalue weighted by Crippen LogP contribution is 2.52. The Hall–Kier alpha value is -4.54. The highest BCUT2D eigenvalue weighted by Gasteiger charge is 2.44. The van der Waals surface area contributed by atoms with Gasteiger partial charge in [-0.25, -0.2) is 0 Å². The van der Waals surface area contributed by atoms with Crippen LogP contribution in [0, 0.1) is 0 Å². The van der Waals surface area contributed by atoms with Gasteiger partial charge in [0.25, 0.3) is 80.9 Å². The number of benzene rings is 6. The second-order valence-electron chi connectivity index (χ2n) is 14.8. The fourth-order valence-corrected chi connectivity index (χ4v) is 19.7. The smallest absolute Gasteiger partial charge is 0.282 e. The lowest BCUT2D eigenvalue weighted by Crippen LogP contribution is -2.24. The van der Waals surface area contributed by atoms with Crippen LogP contribution in [0.3, 0.4) is 0 Å². The predicted octanol–water partition coefficient (Wildman–Crippen LogP) is 2.59. The molecular formula is C38H32O24P2S8. The molecule has 0 radical (unpaired) electrons. The maximum absolute atomic E-state index is 13.8. The first-order valence-corrected chi connectivity index (χ1v) is 33.4. The van der Waals surface area contributed by atoms with Crippen molar-refractivity contribution in [2.45, 2.75) is 51.5 Å². The Labute approximate surface area is 413 Å². The van der Waals surface area contributed by atoms with Gasteiger partial charge in [0.1, 0.15) is 19.6 Å². The molecule has 0 spiro atoms. The minimum atomic E-state index is -6.59. The lowest BCUT2D eigenvalue weighted by Gasteiger charge is -2.27. The summed E-state index contributed by atoms with van der Waals surface area (Å²) in [5.74, 6) is 0. The van der Waals surface area contributed by atoms with Crippen molar-refractivity contribution in [1.82, 2.24) is 0 Å².